The minimum Gasteiger partial charge on any atom is -0.393 e. The molecule has 0 radical (unpaired) electrons. The van der Waals surface area contributed by atoms with Gasteiger partial charge in [0.2, 0.25) is 0 Å². The van der Waals surface area contributed by atoms with Gasteiger partial charge in [0.05, 0.1) is 21.7 Å². The summed E-state index contributed by atoms with van der Waals surface area (Å²) in [6.45, 7) is -0.382. The van der Waals surface area contributed by atoms with Crippen molar-refractivity contribution in [1.29, 1.82) is 0 Å². The van der Waals surface area contributed by atoms with Crippen molar-refractivity contribution in [2.75, 3.05) is 6.61 Å². The van der Waals surface area contributed by atoms with E-state index in [4.69, 9.17) is 39.9 Å². The highest BCUT2D eigenvalue weighted by atomic mass is 35.5. The Balaban J connectivity index is 2.71. The molecule has 2 N–H and O–H groups in total. The Morgan fingerprint density at radius 3 is 2.35 bits per heavy atom. The number of hydrogen-bond donors (Lipinski definition) is 2. The normalized spacial score (nSPS) is 13.0. The Bertz CT molecular complexity index is 569. The first-order valence-corrected chi connectivity index (χ1v) is 6.04. The van der Waals surface area contributed by atoms with Gasteiger partial charge in [-0.3, -0.25) is 0 Å². The predicted molar refractivity (Wildman–Crippen MR) is 71.0 cm³/mol. The lowest BCUT2D eigenvalue weighted by Gasteiger charge is -2.12. The number of aliphatic hydroxyl groups is 2. The second-order valence-corrected chi connectivity index (χ2v) is 4.85. The molecule has 2 aromatic carbocycles. The first-order chi connectivity index (χ1) is 8.04. The van der Waals surface area contributed by atoms with E-state index in [1.165, 1.54) is 0 Å². The summed E-state index contributed by atoms with van der Waals surface area (Å²) >= 11 is 18.0. The molecule has 17 heavy (non-hydrogen) atoms. The second-order valence-electron chi connectivity index (χ2n) is 3.65. The molecule has 0 bridgehead atoms. The molecule has 2 rings (SSSR count). The molecule has 0 aromatic heterocycles. The van der Waals surface area contributed by atoms with Crippen LogP contribution in [-0.2, 0) is 0 Å². The monoisotopic (exact) mass is 290 g/mol. The summed E-state index contributed by atoms with van der Waals surface area (Å²) in [6.07, 6.45) is -0.999. The Morgan fingerprint density at radius 1 is 1.06 bits per heavy atom. The molecule has 90 valence electrons. The highest BCUT2D eigenvalue weighted by molar-refractivity contribution is 6.44. The quantitative estimate of drug-likeness (QED) is 0.883. The SMILES string of the molecule is OCC(O)c1ccc2cc(Cl)c(Cl)cc2c1Cl. The van der Waals surface area contributed by atoms with Crippen molar-refractivity contribution in [2.24, 2.45) is 0 Å². The molecule has 0 aliphatic heterocycles. The second kappa shape index (κ2) is 5.01. The topological polar surface area (TPSA) is 40.5 Å². The molecule has 0 amide bonds. The molecule has 5 heteroatoms. The van der Waals surface area contributed by atoms with E-state index in [0.29, 0.717) is 26.0 Å². The van der Waals surface area contributed by atoms with Crippen LogP contribution in [0.25, 0.3) is 10.8 Å². The van der Waals surface area contributed by atoms with Crippen LogP contribution in [0.15, 0.2) is 24.3 Å². The van der Waals surface area contributed by atoms with Crippen LogP contribution in [0.2, 0.25) is 15.1 Å². The zero-order valence-electron chi connectivity index (χ0n) is 8.62. The first kappa shape index (κ1) is 12.9. The standard InChI is InChI=1S/C12H9Cl3O2/c13-9-3-6-1-2-7(11(17)5-16)12(15)8(6)4-10(9)14/h1-4,11,16-17H,5H2. The number of halogens is 3. The molecular formula is C12H9Cl3O2. The van der Waals surface area contributed by atoms with E-state index in [2.05, 4.69) is 0 Å². The molecule has 0 spiro atoms. The van der Waals surface area contributed by atoms with Crippen LogP contribution in [0.5, 0.6) is 0 Å². The first-order valence-electron chi connectivity index (χ1n) is 4.90. The third-order valence-corrected chi connectivity index (χ3v) is 3.70. The van der Waals surface area contributed by atoms with Crippen molar-refractivity contribution < 1.29 is 10.2 Å². The maximum absolute atomic E-state index is 9.60. The molecular weight excluding hydrogens is 282 g/mol. The maximum atomic E-state index is 9.60. The van der Waals surface area contributed by atoms with E-state index >= 15 is 0 Å². The van der Waals surface area contributed by atoms with Crippen LogP contribution in [0.4, 0.5) is 0 Å². The van der Waals surface area contributed by atoms with Gasteiger partial charge in [-0.15, -0.1) is 0 Å². The van der Waals surface area contributed by atoms with Gasteiger partial charge in [-0.2, -0.15) is 0 Å². The Morgan fingerprint density at radius 2 is 1.71 bits per heavy atom. The van der Waals surface area contributed by atoms with Gasteiger partial charge >= 0.3 is 0 Å². The van der Waals surface area contributed by atoms with Crippen molar-refractivity contribution >= 4 is 45.6 Å². The number of rotatable bonds is 2. The molecule has 1 unspecified atom stereocenters. The summed E-state index contributed by atoms with van der Waals surface area (Å²) in [6, 6.07) is 6.79. The molecule has 1 atom stereocenters. The Kier molecular flexibility index (Phi) is 3.81. The molecule has 0 fully saturated rings. The highest BCUT2D eigenvalue weighted by Crippen LogP contribution is 2.35. The molecule has 2 aromatic rings. The van der Waals surface area contributed by atoms with Crippen molar-refractivity contribution in [2.45, 2.75) is 6.10 Å². The number of hydrogen-bond acceptors (Lipinski definition) is 2. The molecule has 0 aliphatic carbocycles. The number of benzene rings is 2. The van der Waals surface area contributed by atoms with Gasteiger partial charge in [-0.1, -0.05) is 46.9 Å². The minimum absolute atomic E-state index is 0.377. The summed E-state index contributed by atoms with van der Waals surface area (Å²) < 4.78 is 0. The zero-order valence-corrected chi connectivity index (χ0v) is 10.9. The third kappa shape index (κ3) is 2.37. The van der Waals surface area contributed by atoms with Crippen molar-refractivity contribution in [3.63, 3.8) is 0 Å². The van der Waals surface area contributed by atoms with Crippen LogP contribution in [0.3, 0.4) is 0 Å². The fourth-order valence-corrected chi connectivity index (χ4v) is 2.34. The summed E-state index contributed by atoms with van der Waals surface area (Å²) in [5, 5.41) is 21.3. The lowest BCUT2D eigenvalue weighted by atomic mass is 10.0. The van der Waals surface area contributed by atoms with Gasteiger partial charge in [0.25, 0.3) is 0 Å². The average molecular weight is 292 g/mol. The molecule has 0 saturated heterocycles. The van der Waals surface area contributed by atoms with Gasteiger partial charge in [0.1, 0.15) is 6.10 Å². The number of fused-ring (bicyclic) bond motifs is 1. The summed E-state index contributed by atoms with van der Waals surface area (Å²) in [4.78, 5) is 0. The van der Waals surface area contributed by atoms with Gasteiger partial charge in [-0.25, -0.2) is 0 Å². The minimum atomic E-state index is -0.999. The largest absolute Gasteiger partial charge is 0.393 e. The van der Waals surface area contributed by atoms with Gasteiger partial charge < -0.3 is 10.2 Å². The lowest BCUT2D eigenvalue weighted by Crippen LogP contribution is -2.03. The van der Waals surface area contributed by atoms with Crippen molar-refractivity contribution in [3.05, 3.63) is 44.9 Å². The maximum Gasteiger partial charge on any atom is 0.103 e. The Labute approximate surface area is 113 Å². The fourth-order valence-electron chi connectivity index (χ4n) is 1.65. The van der Waals surface area contributed by atoms with E-state index in [1.807, 2.05) is 0 Å². The van der Waals surface area contributed by atoms with Crippen molar-refractivity contribution in [3.8, 4) is 0 Å². The van der Waals surface area contributed by atoms with E-state index in [0.717, 1.165) is 5.39 Å². The van der Waals surface area contributed by atoms with E-state index in [-0.39, 0.29) is 6.61 Å². The van der Waals surface area contributed by atoms with Gasteiger partial charge in [0.15, 0.2) is 0 Å². The van der Waals surface area contributed by atoms with E-state index in [1.54, 1.807) is 24.3 Å². The van der Waals surface area contributed by atoms with Gasteiger partial charge in [0, 0.05) is 10.9 Å². The zero-order chi connectivity index (χ0) is 12.6. The summed E-state index contributed by atoms with van der Waals surface area (Å²) in [7, 11) is 0. The van der Waals surface area contributed by atoms with E-state index < -0.39 is 6.10 Å². The van der Waals surface area contributed by atoms with Gasteiger partial charge in [-0.05, 0) is 17.5 Å². The van der Waals surface area contributed by atoms with Crippen LogP contribution in [-0.4, -0.2) is 16.8 Å². The fraction of sp³-hybridized carbons (Fsp3) is 0.167. The third-order valence-electron chi connectivity index (χ3n) is 2.56. The van der Waals surface area contributed by atoms with E-state index in [9.17, 15) is 5.11 Å². The summed E-state index contributed by atoms with van der Waals surface area (Å²) in [5.41, 5.74) is 0.472. The molecule has 0 saturated carbocycles. The van der Waals surface area contributed by atoms with Crippen LogP contribution >= 0.6 is 34.8 Å². The number of aliphatic hydroxyl groups excluding tert-OH is 2. The predicted octanol–water partition coefficient (Wildman–Crippen LogP) is 3.83. The Hall–Kier alpha value is -0.510. The molecule has 2 nitrogen and oxygen atoms in total. The smallest absolute Gasteiger partial charge is 0.103 e. The van der Waals surface area contributed by atoms with Crippen LogP contribution in [0, 0.1) is 0 Å². The highest BCUT2D eigenvalue weighted by Gasteiger charge is 2.14. The molecule has 0 aliphatic rings. The average Bonchev–Trinajstić information content (AvgIpc) is 2.31. The summed E-state index contributed by atoms with van der Waals surface area (Å²) in [5.74, 6) is 0. The molecule has 0 heterocycles. The van der Waals surface area contributed by atoms with Crippen molar-refractivity contribution in [1.82, 2.24) is 0 Å². The van der Waals surface area contributed by atoms with Crippen LogP contribution < -0.4 is 0 Å². The van der Waals surface area contributed by atoms with Crippen LogP contribution in [0.1, 0.15) is 11.7 Å². The lowest BCUT2D eigenvalue weighted by molar-refractivity contribution is 0.0958.